The summed E-state index contributed by atoms with van der Waals surface area (Å²) in [6, 6.07) is 58.4. The fourth-order valence-corrected chi connectivity index (χ4v) is 7.52. The monoisotopic (exact) mass is 687 g/mol. The quantitative estimate of drug-likeness (QED) is 0.133. The summed E-state index contributed by atoms with van der Waals surface area (Å²) in [6.07, 6.45) is 1.87. The van der Waals surface area contributed by atoms with Gasteiger partial charge in [0.25, 0.3) is 0 Å². The second kappa shape index (κ2) is 12.9. The Labute approximate surface area is 311 Å². The third kappa shape index (κ3) is 5.42. The Bertz CT molecular complexity index is 3050. The van der Waals surface area contributed by atoms with Crippen LogP contribution in [0.1, 0.15) is 0 Å². The minimum Gasteiger partial charge on any atom is -0.256 e. The largest absolute Gasteiger partial charge is 0.256 e. The molecule has 0 radical (unpaired) electrons. The number of aromatic nitrogens is 4. The summed E-state index contributed by atoms with van der Waals surface area (Å²) >= 11 is 0. The second-order valence-corrected chi connectivity index (χ2v) is 13.4. The fourth-order valence-electron chi connectivity index (χ4n) is 7.52. The molecule has 10 rings (SSSR count). The topological polar surface area (TPSA) is 55.9 Å². The first-order valence-corrected chi connectivity index (χ1v) is 17.8. The van der Waals surface area contributed by atoms with Crippen molar-refractivity contribution < 1.29 is 0 Å². The standard InChI is InChI=1S/C49H29N5/c1-50-38-24-23-33-26-36(22-21-34(33)28-38)42-29-45-41-20-11-25-51-46(41)43(30-44(45)40-19-9-8-18-39(40)42)35-16-10-17-37(27-35)49-53-47(31-12-4-2-5-13-31)52-48(54-49)32-14-6-3-7-15-32/h2-30H. The Balaban J connectivity index is 1.16. The first-order chi connectivity index (χ1) is 26.7. The van der Waals surface area contributed by atoms with Gasteiger partial charge in [0, 0.05) is 33.8 Å². The van der Waals surface area contributed by atoms with Gasteiger partial charge in [-0.15, -0.1) is 0 Å². The molecule has 0 aliphatic heterocycles. The molecule has 0 fully saturated rings. The van der Waals surface area contributed by atoms with Crippen molar-refractivity contribution in [2.45, 2.75) is 0 Å². The lowest BCUT2D eigenvalue weighted by atomic mass is 9.88. The van der Waals surface area contributed by atoms with E-state index in [1.54, 1.807) is 0 Å². The SMILES string of the molecule is [C-]#[N+]c1ccc2cc(-c3cc4c5cccnc5c(-c5cccc(-c6nc(-c7ccccc7)nc(-c7ccccc7)n6)c5)cc4c4ccccc34)ccc2c1. The van der Waals surface area contributed by atoms with Crippen molar-refractivity contribution in [2.24, 2.45) is 0 Å². The highest BCUT2D eigenvalue weighted by molar-refractivity contribution is 6.23. The van der Waals surface area contributed by atoms with Gasteiger partial charge in [0.2, 0.25) is 0 Å². The Morgan fingerprint density at radius 1 is 0.370 bits per heavy atom. The van der Waals surface area contributed by atoms with Gasteiger partial charge in [-0.3, -0.25) is 4.98 Å². The van der Waals surface area contributed by atoms with Crippen LogP contribution in [0.15, 0.2) is 176 Å². The van der Waals surface area contributed by atoms with E-state index in [1.165, 1.54) is 10.8 Å². The molecule has 0 N–H and O–H groups in total. The number of hydrogen-bond acceptors (Lipinski definition) is 4. The minimum atomic E-state index is 0.610. The van der Waals surface area contributed by atoms with Crippen LogP contribution in [0.25, 0.3) is 104 Å². The van der Waals surface area contributed by atoms with E-state index in [-0.39, 0.29) is 0 Å². The van der Waals surface area contributed by atoms with Crippen LogP contribution in [0.3, 0.4) is 0 Å². The predicted molar refractivity (Wildman–Crippen MR) is 221 cm³/mol. The van der Waals surface area contributed by atoms with Crippen LogP contribution < -0.4 is 0 Å². The molecule has 5 heteroatoms. The summed E-state index contributed by atoms with van der Waals surface area (Å²) in [6.45, 7) is 7.44. The molecular weight excluding hydrogens is 659 g/mol. The fraction of sp³-hybridized carbons (Fsp3) is 0. The summed E-state index contributed by atoms with van der Waals surface area (Å²) in [5.41, 5.74) is 8.70. The zero-order chi connectivity index (χ0) is 36.0. The van der Waals surface area contributed by atoms with Gasteiger partial charge in [0.1, 0.15) is 0 Å². The van der Waals surface area contributed by atoms with E-state index in [9.17, 15) is 0 Å². The molecule has 54 heavy (non-hydrogen) atoms. The summed E-state index contributed by atoms with van der Waals surface area (Å²) < 4.78 is 0. The summed E-state index contributed by atoms with van der Waals surface area (Å²) in [5, 5.41) is 7.91. The lowest BCUT2D eigenvalue weighted by Crippen LogP contribution is -2.00. The number of fused-ring (bicyclic) bond motifs is 6. The van der Waals surface area contributed by atoms with Crippen LogP contribution in [0.2, 0.25) is 0 Å². The van der Waals surface area contributed by atoms with Crippen LogP contribution in [-0.4, -0.2) is 19.9 Å². The minimum absolute atomic E-state index is 0.610. The third-order valence-electron chi connectivity index (χ3n) is 10.1. The number of hydrogen-bond donors (Lipinski definition) is 0. The van der Waals surface area contributed by atoms with E-state index < -0.39 is 0 Å². The maximum atomic E-state index is 7.44. The molecule has 8 aromatic carbocycles. The molecule has 0 bridgehead atoms. The molecule has 250 valence electrons. The van der Waals surface area contributed by atoms with Gasteiger partial charge in [-0.1, -0.05) is 133 Å². The van der Waals surface area contributed by atoms with Gasteiger partial charge < -0.3 is 0 Å². The van der Waals surface area contributed by atoms with Crippen LogP contribution in [-0.2, 0) is 0 Å². The normalized spacial score (nSPS) is 11.3. The van der Waals surface area contributed by atoms with Gasteiger partial charge in [-0.25, -0.2) is 19.8 Å². The van der Waals surface area contributed by atoms with Crippen molar-refractivity contribution in [1.82, 2.24) is 19.9 Å². The molecule has 0 unspecified atom stereocenters. The van der Waals surface area contributed by atoms with Crippen molar-refractivity contribution in [1.29, 1.82) is 0 Å². The highest BCUT2D eigenvalue weighted by Gasteiger charge is 2.17. The van der Waals surface area contributed by atoms with E-state index in [2.05, 4.69) is 89.8 Å². The van der Waals surface area contributed by atoms with E-state index in [0.717, 1.165) is 71.4 Å². The molecular formula is C49H29N5. The number of nitrogens with zero attached hydrogens (tertiary/aromatic N) is 5. The molecule has 0 saturated carbocycles. The molecule has 0 saturated heterocycles. The van der Waals surface area contributed by atoms with Gasteiger partial charge in [-0.05, 0) is 85.4 Å². The van der Waals surface area contributed by atoms with Gasteiger partial charge >= 0.3 is 0 Å². The maximum absolute atomic E-state index is 7.44. The molecule has 5 nitrogen and oxygen atoms in total. The van der Waals surface area contributed by atoms with Crippen LogP contribution in [0, 0.1) is 6.57 Å². The lowest BCUT2D eigenvalue weighted by Gasteiger charge is -2.16. The smallest absolute Gasteiger partial charge is 0.187 e. The summed E-state index contributed by atoms with van der Waals surface area (Å²) in [7, 11) is 0. The highest BCUT2D eigenvalue weighted by atomic mass is 15.0. The first-order valence-electron chi connectivity index (χ1n) is 17.8. The molecule has 0 spiro atoms. The van der Waals surface area contributed by atoms with Crippen molar-refractivity contribution in [2.75, 3.05) is 0 Å². The van der Waals surface area contributed by atoms with Crippen LogP contribution >= 0.6 is 0 Å². The average Bonchev–Trinajstić information content (AvgIpc) is 3.26. The van der Waals surface area contributed by atoms with Gasteiger partial charge in [0.15, 0.2) is 23.2 Å². The molecule has 0 amide bonds. The molecule has 0 aliphatic rings. The zero-order valence-electron chi connectivity index (χ0n) is 29.0. The van der Waals surface area contributed by atoms with E-state index in [0.29, 0.717) is 23.2 Å². The number of pyridine rings is 1. The maximum Gasteiger partial charge on any atom is 0.187 e. The first kappa shape index (κ1) is 31.2. The lowest BCUT2D eigenvalue weighted by molar-refractivity contribution is 1.07. The van der Waals surface area contributed by atoms with Crippen LogP contribution in [0.4, 0.5) is 5.69 Å². The van der Waals surface area contributed by atoms with E-state index >= 15 is 0 Å². The molecule has 0 atom stereocenters. The number of rotatable bonds is 5. The second-order valence-electron chi connectivity index (χ2n) is 13.4. The molecule has 2 heterocycles. The van der Waals surface area contributed by atoms with Crippen molar-refractivity contribution in [3.63, 3.8) is 0 Å². The Hall–Kier alpha value is -7.55. The summed E-state index contributed by atoms with van der Waals surface area (Å²) in [5.74, 6) is 1.87. The van der Waals surface area contributed by atoms with E-state index in [4.69, 9.17) is 26.5 Å². The highest BCUT2D eigenvalue weighted by Crippen LogP contribution is 2.42. The van der Waals surface area contributed by atoms with Crippen LogP contribution in [0.5, 0.6) is 0 Å². The number of benzene rings is 8. The zero-order valence-corrected chi connectivity index (χ0v) is 29.0. The van der Waals surface area contributed by atoms with Gasteiger partial charge in [0.05, 0.1) is 12.1 Å². The Morgan fingerprint density at radius 2 is 0.926 bits per heavy atom. The molecule has 0 aliphatic carbocycles. The third-order valence-corrected chi connectivity index (χ3v) is 10.1. The molecule has 10 aromatic rings. The van der Waals surface area contributed by atoms with Gasteiger partial charge in [-0.2, -0.15) is 0 Å². The Kier molecular flexibility index (Phi) is 7.45. The summed E-state index contributed by atoms with van der Waals surface area (Å²) in [4.78, 5) is 23.5. The van der Waals surface area contributed by atoms with Crippen molar-refractivity contribution in [3.05, 3.63) is 187 Å². The molecule has 2 aromatic heterocycles. The Morgan fingerprint density at radius 3 is 1.67 bits per heavy atom. The van der Waals surface area contributed by atoms with E-state index in [1.807, 2.05) is 91.1 Å². The van der Waals surface area contributed by atoms with Crippen molar-refractivity contribution >= 4 is 48.9 Å². The van der Waals surface area contributed by atoms with Crippen molar-refractivity contribution in [3.8, 4) is 56.4 Å². The predicted octanol–water partition coefficient (Wildman–Crippen LogP) is 12.8. The average molecular weight is 688 g/mol.